The molecular weight excluding hydrogens is 164 g/mol. The Hall–Kier alpha value is -0.570. The lowest BCUT2D eigenvalue weighted by atomic mass is 9.97. The molecule has 76 valence electrons. The fourth-order valence-electron chi connectivity index (χ4n) is 1.57. The number of hydrogen-bond donors (Lipinski definition) is 2. The number of nitrogens with one attached hydrogen (secondary N) is 2. The fraction of sp³-hybridized carbons (Fsp3) is 0.900. The Labute approximate surface area is 80.3 Å². The maximum absolute atomic E-state index is 11.8. The van der Waals surface area contributed by atoms with Crippen LogP contribution in [0.15, 0.2) is 0 Å². The number of hydrogen-bond acceptors (Lipinski definition) is 2. The summed E-state index contributed by atoms with van der Waals surface area (Å²) in [5.41, 5.74) is -0.475. The Kier molecular flexibility index (Phi) is 2.66. The van der Waals surface area contributed by atoms with Gasteiger partial charge in [0, 0.05) is 5.54 Å². The third-order valence-electron chi connectivity index (χ3n) is 2.36. The van der Waals surface area contributed by atoms with Crippen molar-refractivity contribution in [1.29, 1.82) is 0 Å². The van der Waals surface area contributed by atoms with Crippen LogP contribution in [-0.2, 0) is 4.79 Å². The smallest absolute Gasteiger partial charge is 0.240 e. The molecule has 1 unspecified atom stereocenters. The highest BCUT2D eigenvalue weighted by atomic mass is 16.2. The van der Waals surface area contributed by atoms with Crippen LogP contribution in [0.2, 0.25) is 0 Å². The average molecular weight is 184 g/mol. The quantitative estimate of drug-likeness (QED) is 0.639. The molecule has 2 N–H and O–H groups in total. The number of amides is 1. The summed E-state index contributed by atoms with van der Waals surface area (Å²) >= 11 is 0. The molecule has 1 fully saturated rings. The van der Waals surface area contributed by atoms with E-state index < -0.39 is 0 Å². The van der Waals surface area contributed by atoms with Gasteiger partial charge in [0.2, 0.25) is 5.91 Å². The van der Waals surface area contributed by atoms with Crippen LogP contribution >= 0.6 is 0 Å². The molecule has 0 aliphatic carbocycles. The summed E-state index contributed by atoms with van der Waals surface area (Å²) in [4.78, 5) is 11.8. The van der Waals surface area contributed by atoms with Crippen molar-refractivity contribution in [2.75, 3.05) is 6.54 Å². The van der Waals surface area contributed by atoms with Gasteiger partial charge in [-0.2, -0.15) is 0 Å². The molecule has 0 aromatic rings. The fourth-order valence-corrected chi connectivity index (χ4v) is 1.57. The molecular formula is C10H20N2O. The third kappa shape index (κ3) is 2.69. The van der Waals surface area contributed by atoms with Crippen LogP contribution in [0.1, 0.15) is 40.5 Å². The lowest BCUT2D eigenvalue weighted by molar-refractivity contribution is -0.127. The number of carbonyl (C=O) groups excluding carboxylic acids is 1. The first-order chi connectivity index (χ1) is 5.83. The summed E-state index contributed by atoms with van der Waals surface area (Å²) in [5.74, 6) is 0.123. The molecule has 1 saturated heterocycles. The van der Waals surface area contributed by atoms with Crippen molar-refractivity contribution in [3.63, 3.8) is 0 Å². The van der Waals surface area contributed by atoms with E-state index in [1.165, 1.54) is 0 Å². The zero-order valence-electron chi connectivity index (χ0n) is 9.03. The molecule has 1 amide bonds. The van der Waals surface area contributed by atoms with Crippen molar-refractivity contribution >= 4 is 5.91 Å². The van der Waals surface area contributed by atoms with E-state index in [9.17, 15) is 4.79 Å². The Morgan fingerprint density at radius 1 is 1.46 bits per heavy atom. The molecule has 0 radical (unpaired) electrons. The van der Waals surface area contributed by atoms with Crippen LogP contribution in [-0.4, -0.2) is 23.5 Å². The van der Waals surface area contributed by atoms with E-state index in [2.05, 4.69) is 10.6 Å². The average Bonchev–Trinajstić information content (AvgIpc) is 2.33. The molecule has 0 aromatic heterocycles. The summed E-state index contributed by atoms with van der Waals surface area (Å²) in [6, 6.07) is 0. The summed E-state index contributed by atoms with van der Waals surface area (Å²) in [7, 11) is 0. The minimum Gasteiger partial charge on any atom is -0.350 e. The first kappa shape index (κ1) is 10.5. The third-order valence-corrected chi connectivity index (χ3v) is 2.36. The monoisotopic (exact) mass is 184 g/mol. The van der Waals surface area contributed by atoms with Gasteiger partial charge in [-0.15, -0.1) is 0 Å². The maximum atomic E-state index is 11.8. The first-order valence-electron chi connectivity index (χ1n) is 4.91. The highest BCUT2D eigenvalue weighted by molar-refractivity contribution is 5.86. The molecule has 1 atom stereocenters. The van der Waals surface area contributed by atoms with Gasteiger partial charge in [-0.1, -0.05) is 0 Å². The van der Waals surface area contributed by atoms with E-state index >= 15 is 0 Å². The second-order valence-corrected chi connectivity index (χ2v) is 5.07. The van der Waals surface area contributed by atoms with Crippen molar-refractivity contribution in [2.45, 2.75) is 51.6 Å². The van der Waals surface area contributed by atoms with Crippen LogP contribution in [0.4, 0.5) is 0 Å². The van der Waals surface area contributed by atoms with Gasteiger partial charge in [0.1, 0.15) is 0 Å². The van der Waals surface area contributed by atoms with E-state index in [1.807, 2.05) is 27.7 Å². The zero-order valence-corrected chi connectivity index (χ0v) is 9.03. The molecule has 3 nitrogen and oxygen atoms in total. The van der Waals surface area contributed by atoms with E-state index in [4.69, 9.17) is 0 Å². The second-order valence-electron chi connectivity index (χ2n) is 5.07. The largest absolute Gasteiger partial charge is 0.350 e. The predicted octanol–water partition coefficient (Wildman–Crippen LogP) is 1.04. The summed E-state index contributed by atoms with van der Waals surface area (Å²) in [6.07, 6.45) is 2.03. The molecule has 3 heteroatoms. The minimum atomic E-state index is -0.340. The van der Waals surface area contributed by atoms with Gasteiger partial charge in [-0.25, -0.2) is 0 Å². The molecule has 1 rings (SSSR count). The van der Waals surface area contributed by atoms with Gasteiger partial charge in [0.05, 0.1) is 5.54 Å². The van der Waals surface area contributed by atoms with Crippen LogP contribution in [0.5, 0.6) is 0 Å². The van der Waals surface area contributed by atoms with E-state index in [0.29, 0.717) is 0 Å². The molecule has 0 aromatic carbocycles. The topological polar surface area (TPSA) is 41.1 Å². The van der Waals surface area contributed by atoms with Gasteiger partial charge in [0.25, 0.3) is 0 Å². The Bertz CT molecular complexity index is 199. The highest BCUT2D eigenvalue weighted by Crippen LogP contribution is 2.19. The molecule has 13 heavy (non-hydrogen) atoms. The van der Waals surface area contributed by atoms with Crippen molar-refractivity contribution in [3.8, 4) is 0 Å². The van der Waals surface area contributed by atoms with Crippen molar-refractivity contribution < 1.29 is 4.79 Å². The Morgan fingerprint density at radius 3 is 2.46 bits per heavy atom. The summed E-state index contributed by atoms with van der Waals surface area (Å²) in [5, 5.41) is 6.24. The lowest BCUT2D eigenvalue weighted by Crippen LogP contribution is -2.55. The van der Waals surface area contributed by atoms with E-state index in [0.717, 1.165) is 19.4 Å². The van der Waals surface area contributed by atoms with Gasteiger partial charge in [-0.3, -0.25) is 4.79 Å². The minimum absolute atomic E-state index is 0.123. The standard InChI is InChI=1S/C10H20N2O/c1-9(2,3)12-8(13)10(4)6-5-7-11-10/h11H,5-7H2,1-4H3,(H,12,13). The van der Waals surface area contributed by atoms with Crippen molar-refractivity contribution in [2.24, 2.45) is 0 Å². The van der Waals surface area contributed by atoms with E-state index in [-0.39, 0.29) is 17.0 Å². The van der Waals surface area contributed by atoms with Gasteiger partial charge < -0.3 is 10.6 Å². The van der Waals surface area contributed by atoms with E-state index in [1.54, 1.807) is 0 Å². The Balaban J connectivity index is 2.57. The summed E-state index contributed by atoms with van der Waals surface area (Å²) in [6.45, 7) is 8.94. The molecule has 0 saturated carbocycles. The van der Waals surface area contributed by atoms with Crippen molar-refractivity contribution in [3.05, 3.63) is 0 Å². The predicted molar refractivity (Wildman–Crippen MR) is 53.5 cm³/mol. The SMILES string of the molecule is CC(C)(C)NC(=O)C1(C)CCCN1. The van der Waals surface area contributed by atoms with Crippen LogP contribution in [0, 0.1) is 0 Å². The molecule has 1 aliphatic heterocycles. The summed E-state index contributed by atoms with van der Waals surface area (Å²) < 4.78 is 0. The lowest BCUT2D eigenvalue weighted by Gasteiger charge is -2.29. The van der Waals surface area contributed by atoms with Gasteiger partial charge in [-0.05, 0) is 47.1 Å². The number of carbonyl (C=O) groups is 1. The first-order valence-corrected chi connectivity index (χ1v) is 4.91. The second kappa shape index (κ2) is 3.29. The van der Waals surface area contributed by atoms with Gasteiger partial charge in [0.15, 0.2) is 0 Å². The van der Waals surface area contributed by atoms with Crippen LogP contribution in [0.3, 0.4) is 0 Å². The molecule has 0 spiro atoms. The van der Waals surface area contributed by atoms with Crippen LogP contribution in [0.25, 0.3) is 0 Å². The Morgan fingerprint density at radius 2 is 2.08 bits per heavy atom. The molecule has 1 heterocycles. The zero-order chi connectivity index (χ0) is 10.1. The maximum Gasteiger partial charge on any atom is 0.240 e. The highest BCUT2D eigenvalue weighted by Gasteiger charge is 2.37. The normalized spacial score (nSPS) is 28.9. The molecule has 1 aliphatic rings. The van der Waals surface area contributed by atoms with Gasteiger partial charge >= 0.3 is 0 Å². The van der Waals surface area contributed by atoms with Crippen LogP contribution < -0.4 is 10.6 Å². The molecule has 0 bridgehead atoms. The number of rotatable bonds is 1. The van der Waals surface area contributed by atoms with Crippen molar-refractivity contribution in [1.82, 2.24) is 10.6 Å².